The Kier molecular flexibility index (Phi) is 7.38. The summed E-state index contributed by atoms with van der Waals surface area (Å²) >= 11 is 0. The van der Waals surface area contributed by atoms with Gasteiger partial charge in [0.2, 0.25) is 5.91 Å². The molecule has 0 radical (unpaired) electrons. The summed E-state index contributed by atoms with van der Waals surface area (Å²) in [6, 6.07) is 12.2. The predicted octanol–water partition coefficient (Wildman–Crippen LogP) is 2.25. The summed E-state index contributed by atoms with van der Waals surface area (Å²) in [6.07, 6.45) is 0.424. The first-order valence-electron chi connectivity index (χ1n) is 8.46. The van der Waals surface area contributed by atoms with Gasteiger partial charge in [0.25, 0.3) is 0 Å². The number of benzene rings is 2. The number of nitrogens with one attached hydrogen (secondary N) is 1. The third-order valence-corrected chi connectivity index (χ3v) is 3.76. The van der Waals surface area contributed by atoms with Crippen LogP contribution in [0.2, 0.25) is 0 Å². The smallest absolute Gasteiger partial charge is 0.344 e. The van der Waals surface area contributed by atoms with E-state index in [-0.39, 0.29) is 18.1 Å². The maximum absolute atomic E-state index is 12.1. The number of carboxylic acids is 1. The lowest BCUT2D eigenvalue weighted by Gasteiger charge is -2.15. The molecule has 0 bridgehead atoms. The molecular weight excluding hydrogens is 364 g/mol. The monoisotopic (exact) mass is 386 g/mol. The number of carbonyl (C=O) groups is 2. The van der Waals surface area contributed by atoms with Crippen LogP contribution in [0.5, 0.6) is 17.2 Å². The van der Waals surface area contributed by atoms with E-state index in [1.807, 2.05) is 6.07 Å². The normalized spacial score (nSPS) is 11.7. The molecule has 0 saturated carbocycles. The number of methoxy groups -OCH3 is 2. The molecule has 0 spiro atoms. The first kappa shape index (κ1) is 20.8. The Hall–Kier alpha value is -3.55. The van der Waals surface area contributed by atoms with Gasteiger partial charge in [0.05, 0.1) is 26.9 Å². The number of para-hydroxylation sites is 1. The average molecular weight is 386 g/mol. The van der Waals surface area contributed by atoms with Gasteiger partial charge >= 0.3 is 5.97 Å². The van der Waals surface area contributed by atoms with Crippen LogP contribution in [-0.2, 0) is 16.0 Å². The highest BCUT2D eigenvalue weighted by molar-refractivity contribution is 5.87. The Balaban J connectivity index is 2.08. The summed E-state index contributed by atoms with van der Waals surface area (Å²) in [7, 11) is 3.01. The van der Waals surface area contributed by atoms with Gasteiger partial charge < -0.3 is 19.3 Å². The van der Waals surface area contributed by atoms with Gasteiger partial charge in [-0.1, -0.05) is 18.2 Å². The molecule has 0 saturated heterocycles. The second kappa shape index (κ2) is 9.96. The van der Waals surface area contributed by atoms with Crippen molar-refractivity contribution >= 4 is 18.1 Å². The SMILES string of the molecule is COc1cccc(CC(=O)N/N=C/c2cccc(OC)c2O[C@@H](C)C(=O)O)c1. The number of ether oxygens (including phenoxy) is 3. The van der Waals surface area contributed by atoms with Gasteiger partial charge in [0.1, 0.15) is 5.75 Å². The number of rotatable bonds is 9. The van der Waals surface area contributed by atoms with Crippen LogP contribution in [0.4, 0.5) is 0 Å². The van der Waals surface area contributed by atoms with Crippen LogP contribution >= 0.6 is 0 Å². The lowest BCUT2D eigenvalue weighted by atomic mass is 10.1. The second-order valence-electron chi connectivity index (χ2n) is 5.80. The van der Waals surface area contributed by atoms with E-state index in [0.29, 0.717) is 17.1 Å². The molecule has 8 heteroatoms. The number of carboxylic acid groups (broad SMARTS) is 1. The molecule has 0 aliphatic rings. The number of hydrazone groups is 1. The predicted molar refractivity (Wildman–Crippen MR) is 103 cm³/mol. The number of aliphatic carboxylic acids is 1. The highest BCUT2D eigenvalue weighted by Gasteiger charge is 2.18. The molecule has 0 heterocycles. The van der Waals surface area contributed by atoms with Crippen molar-refractivity contribution in [1.82, 2.24) is 5.43 Å². The van der Waals surface area contributed by atoms with Crippen LogP contribution < -0.4 is 19.6 Å². The van der Waals surface area contributed by atoms with Gasteiger partial charge in [0.15, 0.2) is 17.6 Å². The summed E-state index contributed by atoms with van der Waals surface area (Å²) in [6.45, 7) is 1.41. The summed E-state index contributed by atoms with van der Waals surface area (Å²) in [4.78, 5) is 23.1. The van der Waals surface area contributed by atoms with Crippen LogP contribution in [-0.4, -0.2) is 43.5 Å². The molecule has 2 N–H and O–H groups in total. The van der Waals surface area contributed by atoms with Crippen LogP contribution in [0.25, 0.3) is 0 Å². The molecule has 0 aliphatic carbocycles. The Morgan fingerprint density at radius 3 is 2.61 bits per heavy atom. The zero-order chi connectivity index (χ0) is 20.5. The van der Waals surface area contributed by atoms with Crippen molar-refractivity contribution in [3.05, 3.63) is 53.6 Å². The van der Waals surface area contributed by atoms with E-state index in [1.54, 1.807) is 43.5 Å². The van der Waals surface area contributed by atoms with Gasteiger partial charge in [0, 0.05) is 5.56 Å². The number of hydrogen-bond donors (Lipinski definition) is 2. The van der Waals surface area contributed by atoms with Crippen molar-refractivity contribution in [2.45, 2.75) is 19.4 Å². The highest BCUT2D eigenvalue weighted by atomic mass is 16.5. The fourth-order valence-electron chi connectivity index (χ4n) is 2.33. The molecule has 1 amide bonds. The maximum Gasteiger partial charge on any atom is 0.344 e. The lowest BCUT2D eigenvalue weighted by molar-refractivity contribution is -0.144. The zero-order valence-corrected chi connectivity index (χ0v) is 15.8. The first-order chi connectivity index (χ1) is 13.4. The van der Waals surface area contributed by atoms with E-state index in [1.165, 1.54) is 20.2 Å². The quantitative estimate of drug-likeness (QED) is 0.506. The van der Waals surface area contributed by atoms with Crippen molar-refractivity contribution in [2.75, 3.05) is 14.2 Å². The molecule has 1 atom stereocenters. The minimum atomic E-state index is -1.11. The molecule has 0 aromatic heterocycles. The van der Waals surface area contributed by atoms with Crippen LogP contribution in [0.15, 0.2) is 47.6 Å². The van der Waals surface area contributed by atoms with E-state index in [9.17, 15) is 9.59 Å². The van der Waals surface area contributed by atoms with E-state index < -0.39 is 12.1 Å². The molecular formula is C20H22N2O6. The lowest BCUT2D eigenvalue weighted by Crippen LogP contribution is -2.24. The van der Waals surface area contributed by atoms with E-state index in [4.69, 9.17) is 19.3 Å². The maximum atomic E-state index is 12.1. The number of carbonyl (C=O) groups excluding carboxylic acids is 1. The van der Waals surface area contributed by atoms with Crippen molar-refractivity contribution in [3.8, 4) is 17.2 Å². The van der Waals surface area contributed by atoms with E-state index in [0.717, 1.165) is 5.56 Å². The van der Waals surface area contributed by atoms with E-state index >= 15 is 0 Å². The largest absolute Gasteiger partial charge is 0.497 e. The van der Waals surface area contributed by atoms with Crippen LogP contribution in [0.1, 0.15) is 18.1 Å². The Labute approximate surface area is 162 Å². The molecule has 28 heavy (non-hydrogen) atoms. The summed E-state index contributed by atoms with van der Waals surface area (Å²) in [5, 5.41) is 13.0. The van der Waals surface area contributed by atoms with Gasteiger partial charge in [-0.2, -0.15) is 5.10 Å². The van der Waals surface area contributed by atoms with Crippen LogP contribution in [0.3, 0.4) is 0 Å². The van der Waals surface area contributed by atoms with Gasteiger partial charge in [-0.15, -0.1) is 0 Å². The van der Waals surface area contributed by atoms with Crippen molar-refractivity contribution < 1.29 is 28.9 Å². The standard InChI is InChI=1S/C20H22N2O6/c1-13(20(24)25)28-19-15(7-5-9-17(19)27-3)12-21-22-18(23)11-14-6-4-8-16(10-14)26-2/h4-10,12-13H,11H2,1-3H3,(H,22,23)(H,24,25)/b21-12+/t13-/m0/s1. The minimum Gasteiger partial charge on any atom is -0.497 e. The fourth-order valence-corrected chi connectivity index (χ4v) is 2.33. The van der Waals surface area contributed by atoms with E-state index in [2.05, 4.69) is 10.5 Å². The third-order valence-electron chi connectivity index (χ3n) is 3.76. The number of nitrogens with zero attached hydrogens (tertiary/aromatic N) is 1. The van der Waals surface area contributed by atoms with Crippen LogP contribution in [0, 0.1) is 0 Å². The van der Waals surface area contributed by atoms with Gasteiger partial charge in [-0.25, -0.2) is 10.2 Å². The van der Waals surface area contributed by atoms with Gasteiger partial charge in [-0.3, -0.25) is 4.79 Å². The molecule has 0 fully saturated rings. The highest BCUT2D eigenvalue weighted by Crippen LogP contribution is 2.31. The number of hydrogen-bond acceptors (Lipinski definition) is 6. The average Bonchev–Trinajstić information content (AvgIpc) is 2.68. The van der Waals surface area contributed by atoms with Crippen molar-refractivity contribution in [2.24, 2.45) is 5.10 Å². The molecule has 0 aliphatic heterocycles. The fraction of sp³-hybridized carbons (Fsp3) is 0.250. The first-order valence-corrected chi connectivity index (χ1v) is 8.46. The summed E-state index contributed by atoms with van der Waals surface area (Å²) in [5.41, 5.74) is 3.69. The van der Waals surface area contributed by atoms with Crippen molar-refractivity contribution in [1.29, 1.82) is 0 Å². The van der Waals surface area contributed by atoms with Crippen molar-refractivity contribution in [3.63, 3.8) is 0 Å². The minimum absolute atomic E-state index is 0.131. The molecule has 8 nitrogen and oxygen atoms in total. The molecule has 2 aromatic carbocycles. The molecule has 0 unspecified atom stereocenters. The summed E-state index contributed by atoms with van der Waals surface area (Å²) < 4.78 is 15.8. The third kappa shape index (κ3) is 5.73. The Bertz CT molecular complexity index is 866. The van der Waals surface area contributed by atoms with Gasteiger partial charge in [-0.05, 0) is 36.8 Å². The second-order valence-corrected chi connectivity index (χ2v) is 5.80. The molecule has 148 valence electrons. The topological polar surface area (TPSA) is 106 Å². The number of amides is 1. The Morgan fingerprint density at radius 2 is 1.93 bits per heavy atom. The molecule has 2 aromatic rings. The Morgan fingerprint density at radius 1 is 1.18 bits per heavy atom. The molecule has 2 rings (SSSR count). The summed E-state index contributed by atoms with van der Waals surface area (Å²) in [5.74, 6) is -0.167. The zero-order valence-electron chi connectivity index (χ0n) is 15.8.